The molecule has 28 heavy (non-hydrogen) atoms. The van der Waals surface area contributed by atoms with Crippen molar-refractivity contribution in [3.05, 3.63) is 53.1 Å². The molecule has 0 saturated carbocycles. The van der Waals surface area contributed by atoms with Gasteiger partial charge in [0.25, 0.3) is 0 Å². The number of likely N-dealkylation sites (tertiary alicyclic amines) is 1. The first-order chi connectivity index (χ1) is 13.7. The largest absolute Gasteiger partial charge is 0.497 e. The van der Waals surface area contributed by atoms with Gasteiger partial charge in [0.05, 0.1) is 20.8 Å². The molecule has 1 atom stereocenters. The Morgan fingerprint density at radius 2 is 1.93 bits per heavy atom. The van der Waals surface area contributed by atoms with Crippen LogP contribution in [0.15, 0.2) is 36.4 Å². The molecule has 5 nitrogen and oxygen atoms in total. The van der Waals surface area contributed by atoms with E-state index in [-0.39, 0.29) is 11.9 Å². The molecule has 0 radical (unpaired) electrons. The number of benzene rings is 2. The van der Waals surface area contributed by atoms with Crippen molar-refractivity contribution in [2.75, 3.05) is 32.6 Å². The molecule has 0 aromatic heterocycles. The molecule has 0 spiro atoms. The number of methoxy groups -OCH3 is 2. The van der Waals surface area contributed by atoms with Crippen LogP contribution in [-0.2, 0) is 17.6 Å². The summed E-state index contributed by atoms with van der Waals surface area (Å²) < 4.78 is 11.0. The van der Waals surface area contributed by atoms with Gasteiger partial charge in [0.15, 0.2) is 0 Å². The first-order valence-corrected chi connectivity index (χ1v) is 10.1. The topological polar surface area (TPSA) is 50.8 Å². The summed E-state index contributed by atoms with van der Waals surface area (Å²) in [5, 5.41) is 3.09. The number of fused-ring (bicyclic) bond motifs is 1. The van der Waals surface area contributed by atoms with Crippen LogP contribution >= 0.6 is 0 Å². The normalized spacial score (nSPS) is 18.7. The Hall–Kier alpha value is -2.53. The molecule has 1 heterocycles. The minimum Gasteiger partial charge on any atom is -0.497 e. The average molecular weight is 380 g/mol. The van der Waals surface area contributed by atoms with Crippen molar-refractivity contribution in [2.45, 2.75) is 38.1 Å². The van der Waals surface area contributed by atoms with Crippen LogP contribution in [0.1, 0.15) is 42.0 Å². The van der Waals surface area contributed by atoms with Gasteiger partial charge < -0.3 is 14.8 Å². The summed E-state index contributed by atoms with van der Waals surface area (Å²) in [6, 6.07) is 12.3. The lowest BCUT2D eigenvalue weighted by molar-refractivity contribution is -0.117. The van der Waals surface area contributed by atoms with E-state index in [1.54, 1.807) is 14.2 Å². The van der Waals surface area contributed by atoms with Crippen molar-refractivity contribution in [3.63, 3.8) is 0 Å². The number of nitrogens with zero attached hydrogens (tertiary/aromatic N) is 1. The summed E-state index contributed by atoms with van der Waals surface area (Å²) in [5.74, 6) is 1.69. The van der Waals surface area contributed by atoms with Crippen LogP contribution in [-0.4, -0.2) is 38.1 Å². The van der Waals surface area contributed by atoms with Crippen LogP contribution in [0, 0.1) is 0 Å². The zero-order chi connectivity index (χ0) is 19.5. The lowest BCUT2D eigenvalue weighted by Crippen LogP contribution is -2.33. The molecule has 1 fully saturated rings. The second kappa shape index (κ2) is 8.23. The van der Waals surface area contributed by atoms with Gasteiger partial charge >= 0.3 is 0 Å². The highest BCUT2D eigenvalue weighted by atomic mass is 16.5. The third-order valence-electron chi connectivity index (χ3n) is 5.89. The van der Waals surface area contributed by atoms with Crippen molar-refractivity contribution < 1.29 is 14.3 Å². The number of carbonyl (C=O) groups excluding carboxylic acids is 1. The van der Waals surface area contributed by atoms with Gasteiger partial charge in [-0.2, -0.15) is 0 Å². The van der Waals surface area contributed by atoms with Gasteiger partial charge in [-0.1, -0.05) is 6.07 Å². The van der Waals surface area contributed by atoms with Crippen LogP contribution in [0.5, 0.6) is 11.5 Å². The predicted octanol–water partition coefficient (Wildman–Crippen LogP) is 3.97. The van der Waals surface area contributed by atoms with Gasteiger partial charge in [-0.15, -0.1) is 0 Å². The Bertz CT molecular complexity index is 865. The van der Waals surface area contributed by atoms with E-state index in [4.69, 9.17) is 9.47 Å². The number of ether oxygens (including phenoxy) is 2. The van der Waals surface area contributed by atoms with E-state index in [9.17, 15) is 4.79 Å². The molecule has 0 bridgehead atoms. The van der Waals surface area contributed by atoms with Crippen LogP contribution in [0.4, 0.5) is 5.69 Å². The summed E-state index contributed by atoms with van der Waals surface area (Å²) in [6.45, 7) is 1.28. The van der Waals surface area contributed by atoms with Crippen molar-refractivity contribution >= 4 is 11.6 Å². The van der Waals surface area contributed by atoms with Crippen molar-refractivity contribution in [1.29, 1.82) is 0 Å². The second-order valence-electron chi connectivity index (χ2n) is 7.62. The summed E-state index contributed by atoms with van der Waals surface area (Å²) >= 11 is 0. The number of nitrogens with one attached hydrogen (secondary N) is 1. The maximum absolute atomic E-state index is 12.7. The third kappa shape index (κ3) is 3.85. The van der Waals surface area contributed by atoms with E-state index in [0.29, 0.717) is 6.54 Å². The molecule has 0 unspecified atom stereocenters. The monoisotopic (exact) mass is 380 g/mol. The van der Waals surface area contributed by atoms with Crippen molar-refractivity contribution in [2.24, 2.45) is 0 Å². The highest BCUT2D eigenvalue weighted by Crippen LogP contribution is 2.38. The first kappa shape index (κ1) is 18.8. The minimum atomic E-state index is 0.0340. The highest BCUT2D eigenvalue weighted by Gasteiger charge is 2.30. The molecule has 4 rings (SSSR count). The van der Waals surface area contributed by atoms with Crippen LogP contribution in [0.2, 0.25) is 0 Å². The van der Waals surface area contributed by atoms with Crippen molar-refractivity contribution in [1.82, 2.24) is 4.90 Å². The zero-order valence-electron chi connectivity index (χ0n) is 16.7. The third-order valence-corrected chi connectivity index (χ3v) is 5.89. The Morgan fingerprint density at radius 3 is 2.75 bits per heavy atom. The Morgan fingerprint density at radius 1 is 1.07 bits per heavy atom. The predicted molar refractivity (Wildman–Crippen MR) is 110 cm³/mol. The number of anilines is 1. The Balaban J connectivity index is 1.46. The van der Waals surface area contributed by atoms with E-state index in [2.05, 4.69) is 22.3 Å². The summed E-state index contributed by atoms with van der Waals surface area (Å²) in [5.41, 5.74) is 4.78. The van der Waals surface area contributed by atoms with E-state index in [1.165, 1.54) is 17.5 Å². The fraction of sp³-hybridized carbons (Fsp3) is 0.435. The van der Waals surface area contributed by atoms with Gasteiger partial charge in [-0.25, -0.2) is 0 Å². The van der Waals surface area contributed by atoms with Gasteiger partial charge in [-0.3, -0.25) is 9.69 Å². The van der Waals surface area contributed by atoms with Gasteiger partial charge in [0, 0.05) is 17.3 Å². The van der Waals surface area contributed by atoms with Crippen LogP contribution in [0.25, 0.3) is 0 Å². The lowest BCUT2D eigenvalue weighted by atomic mass is 10.0. The Labute approximate surface area is 166 Å². The van der Waals surface area contributed by atoms with E-state index < -0.39 is 0 Å². The van der Waals surface area contributed by atoms with E-state index in [1.807, 2.05) is 24.3 Å². The summed E-state index contributed by atoms with van der Waals surface area (Å²) in [4.78, 5) is 15.0. The molecule has 148 valence electrons. The number of aryl methyl sites for hydroxylation is 2. The number of hydrogen-bond donors (Lipinski definition) is 1. The quantitative estimate of drug-likeness (QED) is 0.824. The maximum atomic E-state index is 12.7. The van der Waals surface area contributed by atoms with E-state index >= 15 is 0 Å². The van der Waals surface area contributed by atoms with Crippen LogP contribution in [0.3, 0.4) is 0 Å². The molecule has 5 heteroatoms. The molecule has 1 N–H and O–H groups in total. The molecule has 2 aromatic rings. The molecule has 1 aliphatic carbocycles. The smallest absolute Gasteiger partial charge is 0.238 e. The molecular formula is C23H28N2O3. The fourth-order valence-electron chi connectivity index (χ4n) is 4.50. The van der Waals surface area contributed by atoms with Crippen LogP contribution < -0.4 is 14.8 Å². The standard InChI is InChI=1S/C23H28N2O3/c1-27-19-10-11-22(28-2)20(14-19)21-7-4-12-25(21)15-23(26)24-18-9-8-16-5-3-6-17(16)13-18/h8-11,13-14,21H,3-7,12,15H2,1-2H3,(H,24,26)/t21-/m1/s1. The lowest BCUT2D eigenvalue weighted by Gasteiger charge is -2.26. The molecule has 2 aliphatic rings. The Kier molecular flexibility index (Phi) is 5.53. The fourth-order valence-corrected chi connectivity index (χ4v) is 4.50. The summed E-state index contributed by atoms with van der Waals surface area (Å²) in [6.07, 6.45) is 5.56. The highest BCUT2D eigenvalue weighted by molar-refractivity contribution is 5.92. The van der Waals surface area contributed by atoms with Gasteiger partial charge in [0.2, 0.25) is 5.91 Å². The van der Waals surface area contributed by atoms with E-state index in [0.717, 1.165) is 55.0 Å². The number of rotatable bonds is 6. The molecular weight excluding hydrogens is 352 g/mol. The SMILES string of the molecule is COc1ccc(OC)c([C@H]2CCCN2CC(=O)Nc2ccc3c(c2)CCC3)c1. The summed E-state index contributed by atoms with van der Waals surface area (Å²) in [7, 11) is 3.35. The van der Waals surface area contributed by atoms with Gasteiger partial charge in [0.1, 0.15) is 11.5 Å². The first-order valence-electron chi connectivity index (χ1n) is 10.1. The zero-order valence-corrected chi connectivity index (χ0v) is 16.7. The maximum Gasteiger partial charge on any atom is 0.238 e. The molecule has 2 aromatic carbocycles. The number of amides is 1. The average Bonchev–Trinajstić information content (AvgIpc) is 3.36. The second-order valence-corrected chi connectivity index (χ2v) is 7.62. The minimum absolute atomic E-state index is 0.0340. The molecule has 1 amide bonds. The number of hydrogen-bond acceptors (Lipinski definition) is 4. The number of carbonyl (C=O) groups is 1. The molecule has 1 aliphatic heterocycles. The van der Waals surface area contributed by atoms with Gasteiger partial charge in [-0.05, 0) is 80.1 Å². The molecule has 1 saturated heterocycles. The van der Waals surface area contributed by atoms with Crippen molar-refractivity contribution in [3.8, 4) is 11.5 Å².